The van der Waals surface area contributed by atoms with Crippen LogP contribution in [0.25, 0.3) is 5.69 Å². The number of amides is 1. The van der Waals surface area contributed by atoms with Gasteiger partial charge in [-0.05, 0) is 43.6 Å². The zero-order chi connectivity index (χ0) is 17.2. The van der Waals surface area contributed by atoms with Gasteiger partial charge in [-0.1, -0.05) is 24.3 Å². The lowest BCUT2D eigenvalue weighted by Gasteiger charge is -2.10. The zero-order valence-corrected chi connectivity index (χ0v) is 14.9. The zero-order valence-electron chi connectivity index (χ0n) is 14.1. The van der Waals surface area contributed by atoms with Gasteiger partial charge >= 0.3 is 0 Å². The minimum absolute atomic E-state index is 0.0964. The Morgan fingerprint density at radius 2 is 2.08 bits per heavy atom. The Morgan fingerprint density at radius 1 is 1.24 bits per heavy atom. The summed E-state index contributed by atoms with van der Waals surface area (Å²) in [5, 5.41) is 9.59. The van der Waals surface area contributed by atoms with Crippen LogP contribution in [0.1, 0.15) is 27.6 Å². The molecule has 0 saturated carbocycles. The highest BCUT2D eigenvalue weighted by atomic mass is 32.1. The highest BCUT2D eigenvalue weighted by molar-refractivity contribution is 7.12. The fourth-order valence-corrected chi connectivity index (χ4v) is 3.88. The maximum atomic E-state index is 12.5. The molecule has 3 aromatic rings. The first-order valence-electron chi connectivity index (χ1n) is 8.39. The molecule has 5 nitrogen and oxygen atoms in total. The Bertz CT molecular complexity index is 857. The van der Waals surface area contributed by atoms with Crippen LogP contribution in [0.15, 0.2) is 54.0 Å². The van der Waals surface area contributed by atoms with Gasteiger partial charge in [0.2, 0.25) is 0 Å². The third-order valence-electron chi connectivity index (χ3n) is 4.57. The lowest BCUT2D eigenvalue weighted by molar-refractivity contribution is 0.103. The van der Waals surface area contributed by atoms with Gasteiger partial charge in [0.25, 0.3) is 5.91 Å². The Balaban J connectivity index is 1.68. The van der Waals surface area contributed by atoms with Crippen molar-refractivity contribution in [1.82, 2.24) is 14.7 Å². The third kappa shape index (κ3) is 3.36. The molecule has 1 aromatic carbocycles. The predicted molar refractivity (Wildman–Crippen MR) is 101 cm³/mol. The first-order chi connectivity index (χ1) is 12.2. The van der Waals surface area contributed by atoms with E-state index in [2.05, 4.69) is 28.6 Å². The van der Waals surface area contributed by atoms with Crippen molar-refractivity contribution >= 4 is 23.1 Å². The van der Waals surface area contributed by atoms with Crippen LogP contribution < -0.4 is 5.32 Å². The maximum absolute atomic E-state index is 12.5. The minimum atomic E-state index is -0.0964. The number of aromatic nitrogens is 2. The molecule has 25 heavy (non-hydrogen) atoms. The molecule has 6 heteroatoms. The summed E-state index contributed by atoms with van der Waals surface area (Å²) in [6.07, 6.45) is 3.14. The molecule has 0 aliphatic carbocycles. The van der Waals surface area contributed by atoms with E-state index in [9.17, 15) is 4.79 Å². The van der Waals surface area contributed by atoms with Gasteiger partial charge in [-0.15, -0.1) is 16.4 Å². The molecule has 128 valence electrons. The van der Waals surface area contributed by atoms with Crippen molar-refractivity contribution in [2.45, 2.75) is 12.3 Å². The summed E-state index contributed by atoms with van der Waals surface area (Å²) in [5.74, 6) is 0.963. The summed E-state index contributed by atoms with van der Waals surface area (Å²) in [6.45, 7) is 2.06. The van der Waals surface area contributed by atoms with Crippen LogP contribution in [0.2, 0.25) is 0 Å². The number of carbonyl (C=O) groups is 1. The summed E-state index contributed by atoms with van der Waals surface area (Å²) in [5.41, 5.74) is 2.10. The minimum Gasteiger partial charge on any atom is -0.306 e. The predicted octanol–water partition coefficient (Wildman–Crippen LogP) is 3.61. The summed E-state index contributed by atoms with van der Waals surface area (Å²) >= 11 is 1.44. The number of hydrogen-bond donors (Lipinski definition) is 1. The first-order valence-corrected chi connectivity index (χ1v) is 9.27. The van der Waals surface area contributed by atoms with Crippen molar-refractivity contribution < 1.29 is 4.79 Å². The number of thiophene rings is 1. The molecule has 3 heterocycles. The number of nitrogens with zero attached hydrogens (tertiary/aromatic N) is 3. The molecule has 2 aromatic heterocycles. The van der Waals surface area contributed by atoms with E-state index in [-0.39, 0.29) is 5.91 Å². The third-order valence-corrected chi connectivity index (χ3v) is 5.44. The average molecular weight is 352 g/mol. The number of likely N-dealkylation sites (tertiary alicyclic amines) is 1. The average Bonchev–Trinajstić information content (AvgIpc) is 3.36. The van der Waals surface area contributed by atoms with E-state index in [4.69, 9.17) is 0 Å². The summed E-state index contributed by atoms with van der Waals surface area (Å²) in [7, 11) is 2.13. The van der Waals surface area contributed by atoms with Crippen molar-refractivity contribution in [3.05, 3.63) is 64.5 Å². The van der Waals surface area contributed by atoms with Crippen LogP contribution >= 0.6 is 11.3 Å². The van der Waals surface area contributed by atoms with E-state index in [0.717, 1.165) is 30.8 Å². The second-order valence-corrected chi connectivity index (χ2v) is 7.34. The Labute approximate surface area is 150 Å². The molecule has 0 radical (unpaired) electrons. The summed E-state index contributed by atoms with van der Waals surface area (Å²) < 4.78 is 1.86. The van der Waals surface area contributed by atoms with Crippen LogP contribution in [0.4, 0.5) is 5.82 Å². The number of rotatable bonds is 4. The lowest BCUT2D eigenvalue weighted by Crippen LogP contribution is -2.15. The SMILES string of the molecule is CN1CCC(c2cn(-c3ccccc3)nc2NC(=O)c2cccs2)C1. The Morgan fingerprint density at radius 3 is 2.76 bits per heavy atom. The quantitative estimate of drug-likeness (QED) is 0.780. The van der Waals surface area contributed by atoms with Gasteiger partial charge < -0.3 is 10.2 Å². The highest BCUT2D eigenvalue weighted by Crippen LogP contribution is 2.32. The van der Waals surface area contributed by atoms with Crippen molar-refractivity contribution in [3.63, 3.8) is 0 Å². The van der Waals surface area contributed by atoms with Crippen molar-refractivity contribution in [1.29, 1.82) is 0 Å². The topological polar surface area (TPSA) is 50.2 Å². The molecule has 1 aliphatic heterocycles. The number of carbonyl (C=O) groups excluding carboxylic acids is 1. The van der Waals surface area contributed by atoms with E-state index in [1.165, 1.54) is 11.3 Å². The van der Waals surface area contributed by atoms with Gasteiger partial charge in [-0.25, -0.2) is 4.68 Å². The molecule has 0 bridgehead atoms. The molecular weight excluding hydrogens is 332 g/mol. The highest BCUT2D eigenvalue weighted by Gasteiger charge is 2.27. The van der Waals surface area contributed by atoms with Crippen LogP contribution in [0.3, 0.4) is 0 Å². The van der Waals surface area contributed by atoms with Crippen LogP contribution in [0.5, 0.6) is 0 Å². The van der Waals surface area contributed by atoms with Crippen LogP contribution in [-0.2, 0) is 0 Å². The molecule has 1 fully saturated rings. The van der Waals surface area contributed by atoms with Crippen LogP contribution in [0, 0.1) is 0 Å². The Hall–Kier alpha value is -2.44. The molecule has 1 atom stereocenters. The Kier molecular flexibility index (Phi) is 4.38. The van der Waals surface area contributed by atoms with Crippen LogP contribution in [-0.4, -0.2) is 40.7 Å². The second-order valence-electron chi connectivity index (χ2n) is 6.39. The van der Waals surface area contributed by atoms with E-state index in [1.807, 2.05) is 52.5 Å². The van der Waals surface area contributed by atoms with E-state index < -0.39 is 0 Å². The molecule has 1 unspecified atom stereocenters. The molecule has 4 rings (SSSR count). The lowest BCUT2D eigenvalue weighted by atomic mass is 10.0. The summed E-state index contributed by atoms with van der Waals surface area (Å²) in [4.78, 5) is 15.5. The van der Waals surface area contributed by atoms with Gasteiger partial charge in [-0.2, -0.15) is 0 Å². The van der Waals surface area contributed by atoms with Gasteiger partial charge in [0.05, 0.1) is 10.6 Å². The number of hydrogen-bond acceptors (Lipinski definition) is 4. The van der Waals surface area contributed by atoms with E-state index in [0.29, 0.717) is 16.6 Å². The molecule has 1 amide bonds. The number of benzene rings is 1. The van der Waals surface area contributed by atoms with Gasteiger partial charge in [-0.3, -0.25) is 4.79 Å². The van der Waals surface area contributed by atoms with Crippen molar-refractivity contribution in [3.8, 4) is 5.69 Å². The monoisotopic (exact) mass is 352 g/mol. The number of likely N-dealkylation sites (N-methyl/N-ethyl adjacent to an activating group) is 1. The fraction of sp³-hybridized carbons (Fsp3) is 0.263. The maximum Gasteiger partial charge on any atom is 0.266 e. The molecule has 1 saturated heterocycles. The van der Waals surface area contributed by atoms with E-state index >= 15 is 0 Å². The molecule has 0 spiro atoms. The smallest absolute Gasteiger partial charge is 0.266 e. The van der Waals surface area contributed by atoms with E-state index in [1.54, 1.807) is 0 Å². The standard InChI is InChI=1S/C19H20N4OS/c1-22-10-9-14(12-22)16-13-23(15-6-3-2-4-7-15)21-18(16)20-19(24)17-8-5-11-25-17/h2-8,11,13-14H,9-10,12H2,1H3,(H,20,21,24). The normalized spacial score (nSPS) is 17.7. The van der Waals surface area contributed by atoms with Gasteiger partial charge in [0.1, 0.15) is 0 Å². The van der Waals surface area contributed by atoms with Gasteiger partial charge in [0, 0.05) is 24.2 Å². The molecule has 1 N–H and O–H groups in total. The van der Waals surface area contributed by atoms with Gasteiger partial charge in [0.15, 0.2) is 5.82 Å². The fourth-order valence-electron chi connectivity index (χ4n) is 3.26. The first kappa shape index (κ1) is 16.1. The van der Waals surface area contributed by atoms with Crippen molar-refractivity contribution in [2.75, 3.05) is 25.5 Å². The second kappa shape index (κ2) is 6.82. The molecule has 1 aliphatic rings. The largest absolute Gasteiger partial charge is 0.306 e. The van der Waals surface area contributed by atoms with Crippen molar-refractivity contribution in [2.24, 2.45) is 0 Å². The number of anilines is 1. The number of nitrogens with one attached hydrogen (secondary N) is 1. The number of para-hydroxylation sites is 1. The summed E-state index contributed by atoms with van der Waals surface area (Å²) in [6, 6.07) is 13.7. The molecular formula is C19H20N4OS.